The molecule has 0 atom stereocenters. The van der Waals surface area contributed by atoms with Gasteiger partial charge in [-0.15, -0.1) is 5.10 Å². The Morgan fingerprint density at radius 2 is 2.00 bits per heavy atom. The predicted octanol–water partition coefficient (Wildman–Crippen LogP) is 2.38. The van der Waals surface area contributed by atoms with Gasteiger partial charge in [0.05, 0.1) is 6.54 Å². The quantitative estimate of drug-likeness (QED) is 0.674. The molecule has 3 aromatic rings. The van der Waals surface area contributed by atoms with E-state index >= 15 is 0 Å². The number of aromatic nitrogens is 3. The van der Waals surface area contributed by atoms with Gasteiger partial charge in [0.2, 0.25) is 5.91 Å². The van der Waals surface area contributed by atoms with E-state index in [4.69, 9.17) is 0 Å². The lowest BCUT2D eigenvalue weighted by Crippen LogP contribution is -2.32. The summed E-state index contributed by atoms with van der Waals surface area (Å²) in [5.41, 5.74) is 3.53. The Kier molecular flexibility index (Phi) is 6.01. The second-order valence-corrected chi connectivity index (χ2v) is 8.44. The molecule has 152 valence electrons. The van der Waals surface area contributed by atoms with E-state index in [0.29, 0.717) is 5.65 Å². The molecule has 0 unspecified atom stereocenters. The lowest BCUT2D eigenvalue weighted by molar-refractivity contribution is -0.116. The number of thioether (sulfide) groups is 1. The average molecular weight is 412 g/mol. The number of aryl methyl sites for hydroxylation is 1. The summed E-state index contributed by atoms with van der Waals surface area (Å²) in [5.74, 6) is 2.24. The molecule has 3 heterocycles. The SMILES string of the molecule is Cc1c(CN2CCSCC2)cccc1NC(=O)CCn1nc2ccccn2c1=O. The average Bonchev–Trinajstić information content (AvgIpc) is 3.06. The number of amides is 1. The van der Waals surface area contributed by atoms with Gasteiger partial charge in [-0.3, -0.25) is 14.1 Å². The number of nitrogens with zero attached hydrogens (tertiary/aromatic N) is 4. The first-order chi connectivity index (χ1) is 14.1. The van der Waals surface area contributed by atoms with Gasteiger partial charge in [0.1, 0.15) is 0 Å². The van der Waals surface area contributed by atoms with Gasteiger partial charge in [0, 0.05) is 49.4 Å². The third kappa shape index (κ3) is 4.54. The largest absolute Gasteiger partial charge is 0.350 e. The van der Waals surface area contributed by atoms with E-state index in [-0.39, 0.29) is 24.6 Å². The van der Waals surface area contributed by atoms with E-state index < -0.39 is 0 Å². The normalized spacial score (nSPS) is 14.9. The molecule has 4 rings (SSSR count). The molecule has 1 fully saturated rings. The molecule has 1 aromatic carbocycles. The van der Waals surface area contributed by atoms with E-state index in [0.717, 1.165) is 30.9 Å². The van der Waals surface area contributed by atoms with Crippen molar-refractivity contribution in [1.29, 1.82) is 0 Å². The van der Waals surface area contributed by atoms with Gasteiger partial charge in [-0.05, 0) is 36.2 Å². The molecule has 1 amide bonds. The molecule has 29 heavy (non-hydrogen) atoms. The minimum Gasteiger partial charge on any atom is -0.326 e. The van der Waals surface area contributed by atoms with E-state index in [1.807, 2.05) is 30.0 Å². The first-order valence-corrected chi connectivity index (χ1v) is 11.0. The molecule has 0 radical (unpaired) electrons. The van der Waals surface area contributed by atoms with Crippen LogP contribution in [0.2, 0.25) is 0 Å². The molecule has 1 aliphatic rings. The summed E-state index contributed by atoms with van der Waals surface area (Å²) in [4.78, 5) is 27.3. The van der Waals surface area contributed by atoms with Crippen LogP contribution in [0.3, 0.4) is 0 Å². The molecule has 1 N–H and O–H groups in total. The van der Waals surface area contributed by atoms with Crippen LogP contribution >= 0.6 is 11.8 Å². The van der Waals surface area contributed by atoms with Gasteiger partial charge in [-0.1, -0.05) is 18.2 Å². The molecule has 1 saturated heterocycles. The summed E-state index contributed by atoms with van der Waals surface area (Å²) >= 11 is 2.00. The number of pyridine rings is 1. The summed E-state index contributed by atoms with van der Waals surface area (Å²) in [6.07, 6.45) is 1.87. The number of anilines is 1. The minimum absolute atomic E-state index is 0.122. The molecule has 2 aromatic heterocycles. The topological polar surface area (TPSA) is 71.6 Å². The molecule has 0 aliphatic carbocycles. The van der Waals surface area contributed by atoms with Gasteiger partial charge >= 0.3 is 5.69 Å². The molecule has 7 nitrogen and oxygen atoms in total. The lowest BCUT2D eigenvalue weighted by atomic mass is 10.1. The maximum absolute atomic E-state index is 12.5. The van der Waals surface area contributed by atoms with E-state index in [1.54, 1.807) is 18.3 Å². The Morgan fingerprint density at radius 1 is 1.17 bits per heavy atom. The van der Waals surface area contributed by atoms with Crippen LogP contribution in [0.1, 0.15) is 17.5 Å². The summed E-state index contributed by atoms with van der Waals surface area (Å²) in [5, 5.41) is 7.27. The highest BCUT2D eigenvalue weighted by Gasteiger charge is 2.14. The van der Waals surface area contributed by atoms with Gasteiger partial charge < -0.3 is 5.32 Å². The van der Waals surface area contributed by atoms with Crippen molar-refractivity contribution in [2.75, 3.05) is 29.9 Å². The number of hydrogen-bond acceptors (Lipinski definition) is 5. The van der Waals surface area contributed by atoms with Crippen LogP contribution in [0.25, 0.3) is 5.65 Å². The summed E-state index contributed by atoms with van der Waals surface area (Å²) in [6.45, 7) is 5.42. The fraction of sp³-hybridized carbons (Fsp3) is 0.381. The standard InChI is InChI=1S/C21H25N5O2S/c1-16-17(15-24-11-13-29-14-12-24)5-4-6-18(16)22-20(27)8-10-26-21(28)25-9-3-2-7-19(25)23-26/h2-7,9H,8,10-15H2,1H3,(H,22,27). The Balaban J connectivity index is 1.39. The van der Waals surface area contributed by atoms with Crippen LogP contribution in [-0.4, -0.2) is 49.6 Å². The zero-order chi connectivity index (χ0) is 20.2. The third-order valence-electron chi connectivity index (χ3n) is 5.26. The van der Waals surface area contributed by atoms with Crippen molar-refractivity contribution in [2.45, 2.75) is 26.4 Å². The smallest absolute Gasteiger partial charge is 0.326 e. The van der Waals surface area contributed by atoms with E-state index in [9.17, 15) is 9.59 Å². The van der Waals surface area contributed by atoms with Crippen molar-refractivity contribution < 1.29 is 4.79 Å². The number of fused-ring (bicyclic) bond motifs is 1. The van der Waals surface area contributed by atoms with Crippen LogP contribution in [0.5, 0.6) is 0 Å². The van der Waals surface area contributed by atoms with E-state index in [2.05, 4.69) is 28.3 Å². The second-order valence-electron chi connectivity index (χ2n) is 7.21. The molecule has 1 aliphatic heterocycles. The first kappa shape index (κ1) is 19.7. The van der Waals surface area contributed by atoms with Crippen LogP contribution in [-0.2, 0) is 17.9 Å². The highest BCUT2D eigenvalue weighted by atomic mass is 32.2. The van der Waals surface area contributed by atoms with Crippen LogP contribution in [0.4, 0.5) is 5.69 Å². The fourth-order valence-corrected chi connectivity index (χ4v) is 4.50. The number of carbonyl (C=O) groups excluding carboxylic acids is 1. The molecule has 0 spiro atoms. The Labute approximate surface area is 173 Å². The Hall–Kier alpha value is -2.58. The van der Waals surface area contributed by atoms with Crippen molar-refractivity contribution in [1.82, 2.24) is 19.1 Å². The summed E-state index contributed by atoms with van der Waals surface area (Å²) in [7, 11) is 0. The molecule has 0 saturated carbocycles. The summed E-state index contributed by atoms with van der Waals surface area (Å²) in [6, 6.07) is 11.4. The maximum Gasteiger partial charge on any atom is 0.350 e. The first-order valence-electron chi connectivity index (χ1n) is 9.84. The lowest BCUT2D eigenvalue weighted by Gasteiger charge is -2.27. The molecule has 8 heteroatoms. The van der Waals surface area contributed by atoms with E-state index in [1.165, 1.54) is 26.2 Å². The molecular formula is C21H25N5O2S. The van der Waals surface area contributed by atoms with Crippen molar-refractivity contribution in [2.24, 2.45) is 0 Å². The predicted molar refractivity (Wildman–Crippen MR) is 116 cm³/mol. The Bertz CT molecular complexity index is 1070. The zero-order valence-corrected chi connectivity index (χ0v) is 17.3. The fourth-order valence-electron chi connectivity index (χ4n) is 3.52. The van der Waals surface area contributed by atoms with Gasteiger partial charge in [-0.25, -0.2) is 9.48 Å². The third-order valence-corrected chi connectivity index (χ3v) is 6.20. The van der Waals surface area contributed by atoms with Crippen molar-refractivity contribution in [3.8, 4) is 0 Å². The highest BCUT2D eigenvalue weighted by Crippen LogP contribution is 2.22. The number of rotatable bonds is 6. The number of benzene rings is 1. The van der Waals surface area contributed by atoms with Crippen LogP contribution < -0.4 is 11.0 Å². The maximum atomic E-state index is 12.5. The van der Waals surface area contributed by atoms with Crippen molar-refractivity contribution in [3.63, 3.8) is 0 Å². The van der Waals surface area contributed by atoms with Gasteiger partial charge in [0.25, 0.3) is 0 Å². The number of nitrogens with one attached hydrogen (secondary N) is 1. The number of carbonyl (C=O) groups is 1. The summed E-state index contributed by atoms with van der Waals surface area (Å²) < 4.78 is 2.82. The Morgan fingerprint density at radius 3 is 2.79 bits per heavy atom. The molecular weight excluding hydrogens is 386 g/mol. The van der Waals surface area contributed by atoms with Crippen molar-refractivity contribution >= 4 is 29.0 Å². The van der Waals surface area contributed by atoms with Gasteiger partial charge in [-0.2, -0.15) is 11.8 Å². The number of hydrogen-bond donors (Lipinski definition) is 1. The minimum atomic E-state index is -0.230. The second kappa shape index (κ2) is 8.84. The van der Waals surface area contributed by atoms with Gasteiger partial charge in [0.15, 0.2) is 5.65 Å². The highest BCUT2D eigenvalue weighted by molar-refractivity contribution is 7.99. The van der Waals surface area contributed by atoms with Crippen LogP contribution in [0, 0.1) is 6.92 Å². The monoisotopic (exact) mass is 411 g/mol. The molecule has 0 bridgehead atoms. The van der Waals surface area contributed by atoms with Crippen LogP contribution in [0.15, 0.2) is 47.4 Å². The van der Waals surface area contributed by atoms with Crippen molar-refractivity contribution in [3.05, 3.63) is 64.2 Å². The zero-order valence-electron chi connectivity index (χ0n) is 16.5.